The SMILES string of the molecule is c1ccc(N(c2ccc(-c3ccc(-n4c5ccccc5c5ccc6ccccc6c54)cc3)cc2)c2ccc3c4ccccc4n(-c4ccccc4)c3c2)cc1. The normalized spacial score (nSPS) is 11.6. The quantitative estimate of drug-likeness (QED) is 0.168. The van der Waals surface area contributed by atoms with Crippen molar-refractivity contribution >= 4 is 71.4 Å². The molecular formula is C52H35N3. The average Bonchev–Trinajstić information content (AvgIpc) is 3.78. The predicted octanol–water partition coefficient (Wildman–Crippen LogP) is 14.2. The summed E-state index contributed by atoms with van der Waals surface area (Å²) < 4.78 is 4.80. The highest BCUT2D eigenvalue weighted by molar-refractivity contribution is 6.18. The third kappa shape index (κ3) is 5.05. The molecule has 0 fully saturated rings. The molecule has 0 atom stereocenters. The van der Waals surface area contributed by atoms with Gasteiger partial charge in [-0.05, 0) is 89.3 Å². The van der Waals surface area contributed by atoms with E-state index in [0.717, 1.165) is 28.4 Å². The van der Waals surface area contributed by atoms with Crippen molar-refractivity contribution in [2.24, 2.45) is 0 Å². The summed E-state index contributed by atoms with van der Waals surface area (Å²) >= 11 is 0. The third-order valence-corrected chi connectivity index (χ3v) is 11.1. The van der Waals surface area contributed by atoms with Crippen LogP contribution in [-0.4, -0.2) is 9.13 Å². The minimum atomic E-state index is 1.10. The Bertz CT molecular complexity index is 3170. The Balaban J connectivity index is 0.995. The van der Waals surface area contributed by atoms with Crippen LogP contribution in [0.25, 0.3) is 76.9 Å². The summed E-state index contributed by atoms with van der Waals surface area (Å²) in [4.78, 5) is 2.35. The molecule has 9 aromatic carbocycles. The third-order valence-electron chi connectivity index (χ3n) is 11.1. The maximum atomic E-state index is 2.42. The van der Waals surface area contributed by atoms with Crippen molar-refractivity contribution in [2.45, 2.75) is 0 Å². The number of anilines is 3. The standard InChI is InChI=1S/C52H35N3/c1-3-14-39(15-4-1)53(43-32-34-47-45-19-9-11-21-49(45)54(51(47)35-43)40-16-5-2-6-17-40)41-28-23-36(24-29-41)37-25-30-42(31-26-37)55-50-22-12-10-20-46(50)48-33-27-38-13-7-8-18-44(38)52(48)55/h1-35H. The Hall–Kier alpha value is -7.36. The Morgan fingerprint density at radius 3 is 1.51 bits per heavy atom. The van der Waals surface area contributed by atoms with Crippen LogP contribution in [0.1, 0.15) is 0 Å². The van der Waals surface area contributed by atoms with E-state index < -0.39 is 0 Å². The molecule has 2 heterocycles. The number of nitrogens with zero attached hydrogens (tertiary/aromatic N) is 3. The molecule has 258 valence electrons. The van der Waals surface area contributed by atoms with E-state index in [0.29, 0.717) is 0 Å². The second kappa shape index (κ2) is 12.6. The number of rotatable bonds is 6. The van der Waals surface area contributed by atoms with Crippen molar-refractivity contribution in [1.82, 2.24) is 9.13 Å². The largest absolute Gasteiger partial charge is 0.310 e. The predicted molar refractivity (Wildman–Crippen MR) is 233 cm³/mol. The van der Waals surface area contributed by atoms with Gasteiger partial charge in [-0.25, -0.2) is 0 Å². The van der Waals surface area contributed by atoms with Gasteiger partial charge in [0.1, 0.15) is 0 Å². The van der Waals surface area contributed by atoms with Crippen molar-refractivity contribution in [3.63, 3.8) is 0 Å². The number of fused-ring (bicyclic) bond motifs is 8. The Morgan fingerprint density at radius 2 is 0.782 bits per heavy atom. The van der Waals surface area contributed by atoms with Crippen LogP contribution >= 0.6 is 0 Å². The van der Waals surface area contributed by atoms with Crippen molar-refractivity contribution < 1.29 is 0 Å². The molecule has 11 rings (SSSR count). The summed E-state index contributed by atoms with van der Waals surface area (Å²) in [6.07, 6.45) is 0. The molecule has 0 aliphatic carbocycles. The van der Waals surface area contributed by atoms with E-state index in [1.54, 1.807) is 0 Å². The maximum absolute atomic E-state index is 2.42. The van der Waals surface area contributed by atoms with Crippen molar-refractivity contribution in [3.05, 3.63) is 212 Å². The Labute approximate surface area is 319 Å². The second-order valence-electron chi connectivity index (χ2n) is 14.2. The molecule has 0 amide bonds. The molecule has 0 radical (unpaired) electrons. The van der Waals surface area contributed by atoms with Gasteiger partial charge in [0, 0.05) is 55.4 Å². The van der Waals surface area contributed by atoms with Gasteiger partial charge in [-0.15, -0.1) is 0 Å². The van der Waals surface area contributed by atoms with Crippen LogP contribution < -0.4 is 4.90 Å². The Morgan fingerprint density at radius 1 is 0.291 bits per heavy atom. The van der Waals surface area contributed by atoms with Gasteiger partial charge in [0.2, 0.25) is 0 Å². The van der Waals surface area contributed by atoms with Crippen LogP contribution in [0.5, 0.6) is 0 Å². The molecule has 0 aliphatic rings. The first-order valence-electron chi connectivity index (χ1n) is 18.9. The van der Waals surface area contributed by atoms with Gasteiger partial charge >= 0.3 is 0 Å². The molecule has 0 N–H and O–H groups in total. The summed E-state index contributed by atoms with van der Waals surface area (Å²) in [6, 6.07) is 76.8. The molecule has 2 aromatic heterocycles. The summed E-state index contributed by atoms with van der Waals surface area (Å²) in [5, 5.41) is 7.55. The van der Waals surface area contributed by atoms with E-state index in [4.69, 9.17) is 0 Å². The lowest BCUT2D eigenvalue weighted by Crippen LogP contribution is -2.10. The first-order chi connectivity index (χ1) is 27.3. The first kappa shape index (κ1) is 31.2. The molecule has 0 saturated carbocycles. The number of benzene rings is 9. The van der Waals surface area contributed by atoms with Crippen molar-refractivity contribution in [1.29, 1.82) is 0 Å². The first-order valence-corrected chi connectivity index (χ1v) is 18.9. The van der Waals surface area contributed by atoms with Gasteiger partial charge in [-0.3, -0.25) is 0 Å². The molecule has 0 aliphatic heterocycles. The highest BCUT2D eigenvalue weighted by Crippen LogP contribution is 2.41. The van der Waals surface area contributed by atoms with Crippen LogP contribution in [0.3, 0.4) is 0 Å². The molecule has 3 nitrogen and oxygen atoms in total. The zero-order valence-electron chi connectivity index (χ0n) is 30.0. The summed E-state index contributed by atoms with van der Waals surface area (Å²) in [7, 11) is 0. The fourth-order valence-electron chi connectivity index (χ4n) is 8.58. The fourth-order valence-corrected chi connectivity index (χ4v) is 8.58. The minimum absolute atomic E-state index is 1.10. The highest BCUT2D eigenvalue weighted by atomic mass is 15.1. The monoisotopic (exact) mass is 701 g/mol. The maximum Gasteiger partial charge on any atom is 0.0619 e. The minimum Gasteiger partial charge on any atom is -0.310 e. The van der Waals surface area contributed by atoms with E-state index >= 15 is 0 Å². The van der Waals surface area contributed by atoms with Crippen LogP contribution in [0.4, 0.5) is 17.1 Å². The lowest BCUT2D eigenvalue weighted by molar-refractivity contribution is 1.18. The van der Waals surface area contributed by atoms with Crippen LogP contribution in [-0.2, 0) is 0 Å². The van der Waals surface area contributed by atoms with E-state index in [-0.39, 0.29) is 0 Å². The number of aromatic nitrogens is 2. The lowest BCUT2D eigenvalue weighted by atomic mass is 10.0. The van der Waals surface area contributed by atoms with Gasteiger partial charge in [0.05, 0.1) is 22.1 Å². The second-order valence-corrected chi connectivity index (χ2v) is 14.2. The number of para-hydroxylation sites is 4. The molecule has 55 heavy (non-hydrogen) atoms. The molecule has 0 saturated heterocycles. The number of hydrogen-bond donors (Lipinski definition) is 0. The molecule has 0 bridgehead atoms. The van der Waals surface area contributed by atoms with Crippen molar-refractivity contribution in [3.8, 4) is 22.5 Å². The highest BCUT2D eigenvalue weighted by Gasteiger charge is 2.18. The molecule has 11 aromatic rings. The molecule has 0 unspecified atom stereocenters. The zero-order chi connectivity index (χ0) is 36.3. The zero-order valence-corrected chi connectivity index (χ0v) is 30.0. The smallest absolute Gasteiger partial charge is 0.0619 e. The molecular weight excluding hydrogens is 667 g/mol. The van der Waals surface area contributed by atoms with Gasteiger partial charge in [-0.2, -0.15) is 0 Å². The summed E-state index contributed by atoms with van der Waals surface area (Å²) in [6.45, 7) is 0. The Kier molecular flexibility index (Phi) is 7.17. The van der Waals surface area contributed by atoms with Gasteiger partial charge in [0.25, 0.3) is 0 Å². The van der Waals surface area contributed by atoms with Gasteiger partial charge in [0.15, 0.2) is 0 Å². The molecule has 3 heteroatoms. The van der Waals surface area contributed by atoms with E-state index in [2.05, 4.69) is 226 Å². The summed E-state index contributed by atoms with van der Waals surface area (Å²) in [5.41, 5.74) is 12.8. The van der Waals surface area contributed by atoms with E-state index in [1.165, 1.54) is 65.5 Å². The van der Waals surface area contributed by atoms with Gasteiger partial charge in [-0.1, -0.05) is 140 Å². The average molecular weight is 702 g/mol. The topological polar surface area (TPSA) is 13.1 Å². The van der Waals surface area contributed by atoms with Crippen LogP contribution in [0.15, 0.2) is 212 Å². The summed E-state index contributed by atoms with van der Waals surface area (Å²) in [5.74, 6) is 0. The van der Waals surface area contributed by atoms with Crippen molar-refractivity contribution in [2.75, 3.05) is 4.90 Å². The van der Waals surface area contributed by atoms with Crippen LogP contribution in [0, 0.1) is 0 Å². The van der Waals surface area contributed by atoms with E-state index in [9.17, 15) is 0 Å². The molecule has 0 spiro atoms. The fraction of sp³-hybridized carbons (Fsp3) is 0. The van der Waals surface area contributed by atoms with Crippen LogP contribution in [0.2, 0.25) is 0 Å². The van der Waals surface area contributed by atoms with E-state index in [1.807, 2.05) is 0 Å². The number of hydrogen-bond acceptors (Lipinski definition) is 1. The lowest BCUT2D eigenvalue weighted by Gasteiger charge is -2.26. The van der Waals surface area contributed by atoms with Gasteiger partial charge < -0.3 is 14.0 Å².